The van der Waals surface area contributed by atoms with Crippen LogP contribution in [0, 0.1) is 6.92 Å². The first-order valence-corrected chi connectivity index (χ1v) is 4.26. The van der Waals surface area contributed by atoms with Crippen LogP contribution in [0.15, 0.2) is 24.4 Å². The number of phenols is 1. The molecule has 1 N–H and O–H groups in total. The molecule has 0 spiro atoms. The van der Waals surface area contributed by atoms with Crippen molar-refractivity contribution in [2.75, 3.05) is 0 Å². The number of hydrogen-bond acceptors (Lipinski definition) is 3. The van der Waals surface area contributed by atoms with Crippen molar-refractivity contribution in [2.24, 2.45) is 0 Å². The number of carbonyl (C=O) groups is 1. The summed E-state index contributed by atoms with van der Waals surface area (Å²) in [5.74, 6) is 0.0306. The van der Waals surface area contributed by atoms with E-state index in [-0.39, 0.29) is 5.75 Å². The molecule has 70 valence electrons. The zero-order chi connectivity index (χ0) is 10.1. The van der Waals surface area contributed by atoms with Gasteiger partial charge in [-0.15, -0.1) is 0 Å². The average molecular weight is 187 g/mol. The van der Waals surface area contributed by atoms with Crippen LogP contribution in [-0.4, -0.2) is 16.4 Å². The third kappa shape index (κ3) is 1.14. The van der Waals surface area contributed by atoms with Gasteiger partial charge in [-0.05, 0) is 19.1 Å². The summed E-state index contributed by atoms with van der Waals surface area (Å²) in [6.45, 7) is 1.86. The molecule has 1 aromatic heterocycles. The summed E-state index contributed by atoms with van der Waals surface area (Å²) in [5.41, 5.74) is 1.15. The maximum atomic E-state index is 10.6. The zero-order valence-corrected chi connectivity index (χ0v) is 7.69. The van der Waals surface area contributed by atoms with Gasteiger partial charge in [-0.3, -0.25) is 9.78 Å². The highest BCUT2D eigenvalue weighted by Crippen LogP contribution is 2.28. The fourth-order valence-electron chi connectivity index (χ4n) is 1.50. The molecule has 3 heteroatoms. The largest absolute Gasteiger partial charge is 0.507 e. The van der Waals surface area contributed by atoms with Crippen LogP contribution in [0.4, 0.5) is 0 Å². The number of pyridine rings is 1. The van der Waals surface area contributed by atoms with Crippen LogP contribution < -0.4 is 0 Å². The molecule has 0 saturated carbocycles. The summed E-state index contributed by atoms with van der Waals surface area (Å²) in [5, 5.41) is 11.3. The fraction of sp³-hybridized carbons (Fsp3) is 0.0909. The molecule has 2 aromatic rings. The van der Waals surface area contributed by atoms with E-state index in [2.05, 4.69) is 4.98 Å². The van der Waals surface area contributed by atoms with E-state index < -0.39 is 0 Å². The fourth-order valence-corrected chi connectivity index (χ4v) is 1.50. The van der Waals surface area contributed by atoms with E-state index >= 15 is 0 Å². The van der Waals surface area contributed by atoms with Gasteiger partial charge in [0.15, 0.2) is 6.29 Å². The highest BCUT2D eigenvalue weighted by Gasteiger charge is 2.06. The van der Waals surface area contributed by atoms with Crippen LogP contribution >= 0.6 is 0 Å². The standard InChI is InChI=1S/C11H9NO2/c1-7-9-3-2-8(6-13)11(14)10(9)4-5-12-7/h2-6,14H,1H3. The molecule has 0 saturated heterocycles. The Balaban J connectivity index is 2.90. The van der Waals surface area contributed by atoms with Gasteiger partial charge in [0.2, 0.25) is 0 Å². The summed E-state index contributed by atoms with van der Waals surface area (Å²) in [6, 6.07) is 5.09. The van der Waals surface area contributed by atoms with Crippen LogP contribution in [0.3, 0.4) is 0 Å². The smallest absolute Gasteiger partial charge is 0.153 e. The lowest BCUT2D eigenvalue weighted by atomic mass is 10.1. The summed E-state index contributed by atoms with van der Waals surface area (Å²) < 4.78 is 0. The Morgan fingerprint density at radius 3 is 2.79 bits per heavy atom. The average Bonchev–Trinajstić information content (AvgIpc) is 2.20. The molecule has 0 unspecified atom stereocenters. The Bertz CT molecular complexity index is 506. The number of aromatic nitrogens is 1. The quantitative estimate of drug-likeness (QED) is 0.695. The summed E-state index contributed by atoms with van der Waals surface area (Å²) in [7, 11) is 0. The lowest BCUT2D eigenvalue weighted by Crippen LogP contribution is -1.87. The minimum atomic E-state index is 0.0306. The number of fused-ring (bicyclic) bond motifs is 1. The van der Waals surface area contributed by atoms with Crippen LogP contribution in [0.2, 0.25) is 0 Å². The number of nitrogens with zero attached hydrogens (tertiary/aromatic N) is 1. The predicted molar refractivity (Wildman–Crippen MR) is 53.5 cm³/mol. The van der Waals surface area contributed by atoms with Crippen molar-refractivity contribution < 1.29 is 9.90 Å². The topological polar surface area (TPSA) is 50.2 Å². The second kappa shape index (κ2) is 3.10. The van der Waals surface area contributed by atoms with Gasteiger partial charge in [-0.1, -0.05) is 6.07 Å². The SMILES string of the molecule is Cc1nccc2c(O)c(C=O)ccc12. The third-order valence-corrected chi connectivity index (χ3v) is 2.27. The van der Waals surface area contributed by atoms with Gasteiger partial charge in [-0.25, -0.2) is 0 Å². The normalized spacial score (nSPS) is 10.4. The first-order valence-electron chi connectivity index (χ1n) is 4.26. The Morgan fingerprint density at radius 2 is 2.07 bits per heavy atom. The molecule has 3 nitrogen and oxygen atoms in total. The van der Waals surface area contributed by atoms with Crippen LogP contribution in [0.5, 0.6) is 5.75 Å². The number of aryl methyl sites for hydroxylation is 1. The highest BCUT2D eigenvalue weighted by molar-refractivity contribution is 5.96. The number of hydrogen-bond donors (Lipinski definition) is 1. The summed E-state index contributed by atoms with van der Waals surface area (Å²) >= 11 is 0. The van der Waals surface area contributed by atoms with Crippen molar-refractivity contribution in [1.82, 2.24) is 4.98 Å². The summed E-state index contributed by atoms with van der Waals surface area (Å²) in [6.07, 6.45) is 2.26. The van der Waals surface area contributed by atoms with Crippen molar-refractivity contribution in [3.05, 3.63) is 35.7 Å². The predicted octanol–water partition coefficient (Wildman–Crippen LogP) is 2.06. The van der Waals surface area contributed by atoms with Gasteiger partial charge >= 0.3 is 0 Å². The van der Waals surface area contributed by atoms with Gasteiger partial charge in [0.25, 0.3) is 0 Å². The minimum absolute atomic E-state index is 0.0306. The van der Waals surface area contributed by atoms with E-state index in [4.69, 9.17) is 0 Å². The molecule has 0 aliphatic heterocycles. The molecular formula is C11H9NO2. The first-order chi connectivity index (χ1) is 6.74. The Hall–Kier alpha value is -1.90. The Kier molecular flexibility index (Phi) is 1.93. The number of phenolic OH excluding ortho intramolecular Hbond substituents is 1. The molecule has 0 atom stereocenters. The zero-order valence-electron chi connectivity index (χ0n) is 7.69. The minimum Gasteiger partial charge on any atom is -0.507 e. The summed E-state index contributed by atoms with van der Waals surface area (Å²) in [4.78, 5) is 14.7. The van der Waals surface area contributed by atoms with Crippen molar-refractivity contribution in [2.45, 2.75) is 6.92 Å². The van der Waals surface area contributed by atoms with Crippen molar-refractivity contribution in [3.8, 4) is 5.75 Å². The molecule has 14 heavy (non-hydrogen) atoms. The van der Waals surface area contributed by atoms with Crippen LogP contribution in [0.1, 0.15) is 16.1 Å². The number of carbonyl (C=O) groups excluding carboxylic acids is 1. The molecule has 0 fully saturated rings. The van der Waals surface area contributed by atoms with E-state index in [0.29, 0.717) is 17.2 Å². The molecule has 0 aliphatic rings. The van der Waals surface area contributed by atoms with E-state index in [1.807, 2.05) is 6.92 Å². The second-order valence-electron chi connectivity index (χ2n) is 3.11. The molecular weight excluding hydrogens is 178 g/mol. The Labute approximate surface area is 81.0 Å². The lowest BCUT2D eigenvalue weighted by Gasteiger charge is -2.04. The van der Waals surface area contributed by atoms with E-state index in [1.165, 1.54) is 0 Å². The lowest BCUT2D eigenvalue weighted by molar-refractivity contribution is 0.112. The van der Waals surface area contributed by atoms with Crippen molar-refractivity contribution in [3.63, 3.8) is 0 Å². The molecule has 2 rings (SSSR count). The monoisotopic (exact) mass is 187 g/mol. The molecule has 0 radical (unpaired) electrons. The van der Waals surface area contributed by atoms with Gasteiger partial charge in [0.05, 0.1) is 5.56 Å². The second-order valence-corrected chi connectivity index (χ2v) is 3.11. The molecule has 1 heterocycles. The Morgan fingerprint density at radius 1 is 1.29 bits per heavy atom. The van der Waals surface area contributed by atoms with Crippen molar-refractivity contribution >= 4 is 17.1 Å². The maximum Gasteiger partial charge on any atom is 0.153 e. The van der Waals surface area contributed by atoms with Gasteiger partial charge in [0, 0.05) is 22.7 Å². The number of aldehydes is 1. The van der Waals surface area contributed by atoms with E-state index in [1.54, 1.807) is 24.4 Å². The van der Waals surface area contributed by atoms with Gasteiger partial charge in [0.1, 0.15) is 5.75 Å². The maximum absolute atomic E-state index is 10.6. The number of aromatic hydroxyl groups is 1. The van der Waals surface area contributed by atoms with E-state index in [0.717, 1.165) is 11.1 Å². The molecule has 0 bridgehead atoms. The van der Waals surface area contributed by atoms with Crippen LogP contribution in [0.25, 0.3) is 10.8 Å². The van der Waals surface area contributed by atoms with Gasteiger partial charge < -0.3 is 5.11 Å². The number of rotatable bonds is 1. The molecule has 0 amide bonds. The first kappa shape index (κ1) is 8.69. The molecule has 1 aromatic carbocycles. The van der Waals surface area contributed by atoms with E-state index in [9.17, 15) is 9.90 Å². The highest BCUT2D eigenvalue weighted by atomic mass is 16.3. The molecule has 0 aliphatic carbocycles. The third-order valence-electron chi connectivity index (χ3n) is 2.27. The van der Waals surface area contributed by atoms with Crippen molar-refractivity contribution in [1.29, 1.82) is 0 Å². The van der Waals surface area contributed by atoms with Gasteiger partial charge in [-0.2, -0.15) is 0 Å². The number of benzene rings is 1. The van der Waals surface area contributed by atoms with Crippen LogP contribution in [-0.2, 0) is 0 Å².